The number of rotatable bonds is 3. The molecule has 2 heteroatoms. The van der Waals surface area contributed by atoms with Gasteiger partial charge in [0.05, 0.1) is 0 Å². The Morgan fingerprint density at radius 1 is 1.45 bits per heavy atom. The van der Waals surface area contributed by atoms with Crippen molar-refractivity contribution in [2.45, 2.75) is 0 Å². The summed E-state index contributed by atoms with van der Waals surface area (Å²) in [5, 5.41) is 0. The standard InChI is InChI=1S/C9H10O2/c1-8-4-3-5-9(6-8)11-7-10-2/h1,3-6H,7H2,2H3. The molecule has 0 bridgehead atoms. The van der Waals surface area contributed by atoms with Crippen molar-refractivity contribution in [2.24, 2.45) is 0 Å². The molecule has 1 aromatic rings. The molecule has 0 aromatic heterocycles. The zero-order valence-corrected chi connectivity index (χ0v) is 6.41. The van der Waals surface area contributed by atoms with Crippen LogP contribution in [0.2, 0.25) is 0 Å². The highest BCUT2D eigenvalue weighted by Gasteiger charge is 1.91. The monoisotopic (exact) mass is 150 g/mol. The van der Waals surface area contributed by atoms with Crippen molar-refractivity contribution < 1.29 is 9.47 Å². The molecular formula is C9H10O2. The first-order chi connectivity index (χ1) is 5.33. The summed E-state index contributed by atoms with van der Waals surface area (Å²) >= 11 is 0. The van der Waals surface area contributed by atoms with Gasteiger partial charge in [0.1, 0.15) is 5.75 Å². The third kappa shape index (κ3) is 2.60. The normalized spacial score (nSPS) is 9.64. The molecule has 0 saturated heterocycles. The van der Waals surface area contributed by atoms with E-state index in [-0.39, 0.29) is 6.79 Å². The van der Waals surface area contributed by atoms with Gasteiger partial charge < -0.3 is 9.47 Å². The third-order valence-electron chi connectivity index (χ3n) is 1.20. The van der Waals surface area contributed by atoms with Gasteiger partial charge in [-0.25, -0.2) is 0 Å². The second kappa shape index (κ2) is 3.98. The topological polar surface area (TPSA) is 18.5 Å². The van der Waals surface area contributed by atoms with E-state index in [0.29, 0.717) is 5.56 Å². The Kier molecular flexibility index (Phi) is 2.93. The summed E-state index contributed by atoms with van der Waals surface area (Å²) in [6, 6.07) is 7.22. The van der Waals surface area contributed by atoms with E-state index in [2.05, 4.69) is 0 Å². The summed E-state index contributed by atoms with van der Waals surface area (Å²) < 4.78 is 9.86. The van der Waals surface area contributed by atoms with E-state index in [1.165, 1.54) is 0 Å². The van der Waals surface area contributed by atoms with Crippen LogP contribution in [0.5, 0.6) is 5.75 Å². The molecule has 2 radical (unpaired) electrons. The number of ether oxygens (including phenoxy) is 2. The summed E-state index contributed by atoms with van der Waals surface area (Å²) in [6.07, 6.45) is 0. The van der Waals surface area contributed by atoms with Gasteiger partial charge in [-0.05, 0) is 24.6 Å². The third-order valence-corrected chi connectivity index (χ3v) is 1.20. The van der Waals surface area contributed by atoms with Gasteiger partial charge >= 0.3 is 0 Å². The highest BCUT2D eigenvalue weighted by molar-refractivity contribution is 5.29. The van der Waals surface area contributed by atoms with E-state index in [1.54, 1.807) is 19.2 Å². The van der Waals surface area contributed by atoms with E-state index in [9.17, 15) is 0 Å². The molecule has 0 N–H and O–H groups in total. The van der Waals surface area contributed by atoms with E-state index in [4.69, 9.17) is 16.4 Å². The first-order valence-electron chi connectivity index (χ1n) is 3.30. The second-order valence-corrected chi connectivity index (χ2v) is 2.12. The van der Waals surface area contributed by atoms with E-state index < -0.39 is 0 Å². The molecule has 11 heavy (non-hydrogen) atoms. The first-order valence-corrected chi connectivity index (χ1v) is 3.30. The molecule has 0 unspecified atom stereocenters. The van der Waals surface area contributed by atoms with Crippen molar-refractivity contribution in [3.05, 3.63) is 36.8 Å². The van der Waals surface area contributed by atoms with E-state index in [0.717, 1.165) is 5.75 Å². The minimum absolute atomic E-state index is 0.253. The molecule has 0 fully saturated rings. The number of hydrogen-bond donors (Lipinski definition) is 0. The van der Waals surface area contributed by atoms with Crippen LogP contribution in [0.25, 0.3) is 0 Å². The molecule has 2 nitrogen and oxygen atoms in total. The van der Waals surface area contributed by atoms with Gasteiger partial charge in [-0.2, -0.15) is 0 Å². The second-order valence-electron chi connectivity index (χ2n) is 2.12. The largest absolute Gasteiger partial charge is 0.468 e. The van der Waals surface area contributed by atoms with Gasteiger partial charge in [0, 0.05) is 7.11 Å². The Balaban J connectivity index is 2.56. The van der Waals surface area contributed by atoms with Crippen LogP contribution >= 0.6 is 0 Å². The highest BCUT2D eigenvalue weighted by Crippen LogP contribution is 2.11. The van der Waals surface area contributed by atoms with Crippen molar-refractivity contribution in [1.82, 2.24) is 0 Å². The Hall–Kier alpha value is -1.02. The Bertz CT molecular complexity index is 221. The van der Waals surface area contributed by atoms with Crippen LogP contribution in [-0.2, 0) is 4.74 Å². The zero-order valence-electron chi connectivity index (χ0n) is 6.41. The van der Waals surface area contributed by atoms with Crippen molar-refractivity contribution in [1.29, 1.82) is 0 Å². The number of hydrogen-bond acceptors (Lipinski definition) is 2. The first kappa shape index (κ1) is 8.08. The van der Waals surface area contributed by atoms with E-state index in [1.807, 2.05) is 12.1 Å². The fourth-order valence-corrected chi connectivity index (χ4v) is 0.731. The van der Waals surface area contributed by atoms with Gasteiger partial charge in [0.15, 0.2) is 6.79 Å². The maximum atomic E-state index is 5.51. The zero-order chi connectivity index (χ0) is 8.10. The molecular weight excluding hydrogens is 140 g/mol. The molecule has 1 aromatic carbocycles. The minimum Gasteiger partial charge on any atom is -0.468 e. The molecule has 0 aliphatic heterocycles. The molecule has 1 rings (SSSR count). The Morgan fingerprint density at radius 3 is 2.91 bits per heavy atom. The van der Waals surface area contributed by atoms with Crippen LogP contribution in [0.3, 0.4) is 0 Å². The molecule has 0 heterocycles. The van der Waals surface area contributed by atoms with Crippen LogP contribution in [0, 0.1) is 6.92 Å². The number of methoxy groups -OCH3 is 1. The van der Waals surface area contributed by atoms with Gasteiger partial charge in [-0.15, -0.1) is 0 Å². The van der Waals surface area contributed by atoms with Gasteiger partial charge in [0.25, 0.3) is 0 Å². The highest BCUT2D eigenvalue weighted by atomic mass is 16.7. The molecule has 0 atom stereocenters. The lowest BCUT2D eigenvalue weighted by atomic mass is 10.2. The Morgan fingerprint density at radius 2 is 2.27 bits per heavy atom. The molecule has 0 aliphatic carbocycles. The quantitative estimate of drug-likeness (QED) is 0.611. The SMILES string of the molecule is [CH]c1cccc(OCOC)c1. The molecule has 0 saturated carbocycles. The fraction of sp³-hybridized carbons (Fsp3) is 0.222. The van der Waals surface area contributed by atoms with Crippen LogP contribution in [-0.4, -0.2) is 13.9 Å². The van der Waals surface area contributed by atoms with E-state index >= 15 is 0 Å². The summed E-state index contributed by atoms with van der Waals surface area (Å²) in [7, 11) is 1.58. The van der Waals surface area contributed by atoms with Crippen molar-refractivity contribution in [2.75, 3.05) is 13.9 Å². The predicted molar refractivity (Wildman–Crippen MR) is 42.3 cm³/mol. The maximum absolute atomic E-state index is 5.51. The summed E-state index contributed by atoms with van der Waals surface area (Å²) in [5.41, 5.74) is 0.693. The lowest BCUT2D eigenvalue weighted by Crippen LogP contribution is -1.98. The lowest BCUT2D eigenvalue weighted by Gasteiger charge is -2.03. The predicted octanol–water partition coefficient (Wildman–Crippen LogP) is 1.73. The van der Waals surface area contributed by atoms with Gasteiger partial charge in [0.2, 0.25) is 0 Å². The fourth-order valence-electron chi connectivity index (χ4n) is 0.731. The smallest absolute Gasteiger partial charge is 0.188 e. The van der Waals surface area contributed by atoms with Crippen molar-refractivity contribution in [3.8, 4) is 5.75 Å². The van der Waals surface area contributed by atoms with Crippen molar-refractivity contribution >= 4 is 0 Å². The average Bonchev–Trinajstić information content (AvgIpc) is 2.01. The van der Waals surface area contributed by atoms with Gasteiger partial charge in [-0.3, -0.25) is 0 Å². The molecule has 0 aliphatic rings. The lowest BCUT2D eigenvalue weighted by molar-refractivity contribution is 0.0511. The minimum atomic E-state index is 0.253. The van der Waals surface area contributed by atoms with Crippen molar-refractivity contribution in [3.63, 3.8) is 0 Å². The average molecular weight is 150 g/mol. The Labute approximate surface area is 66.8 Å². The molecule has 0 spiro atoms. The number of benzene rings is 1. The molecule has 0 amide bonds. The molecule has 58 valence electrons. The summed E-state index contributed by atoms with van der Waals surface area (Å²) in [4.78, 5) is 0. The van der Waals surface area contributed by atoms with Crippen LogP contribution in [0.4, 0.5) is 0 Å². The van der Waals surface area contributed by atoms with Gasteiger partial charge in [-0.1, -0.05) is 12.1 Å². The van der Waals surface area contributed by atoms with Crippen LogP contribution < -0.4 is 4.74 Å². The van der Waals surface area contributed by atoms with Crippen LogP contribution in [0.1, 0.15) is 5.56 Å². The summed E-state index contributed by atoms with van der Waals surface area (Å²) in [5.74, 6) is 0.729. The summed E-state index contributed by atoms with van der Waals surface area (Å²) in [6.45, 7) is 5.76. The maximum Gasteiger partial charge on any atom is 0.188 e. The van der Waals surface area contributed by atoms with Crippen LogP contribution in [0.15, 0.2) is 24.3 Å².